The normalized spacial score (nSPS) is 13.4. The van der Waals surface area contributed by atoms with Crippen LogP contribution < -0.4 is 5.32 Å². The van der Waals surface area contributed by atoms with Crippen LogP contribution in [0, 0.1) is 6.92 Å². The van der Waals surface area contributed by atoms with Crippen molar-refractivity contribution >= 4 is 22.6 Å². The monoisotopic (exact) mass is 462 g/mol. The van der Waals surface area contributed by atoms with Gasteiger partial charge in [-0.2, -0.15) is 0 Å². The number of imidazole rings is 1. The van der Waals surface area contributed by atoms with Crippen molar-refractivity contribution in [3.05, 3.63) is 90.0 Å². The van der Waals surface area contributed by atoms with E-state index < -0.39 is 0 Å². The average Bonchev–Trinajstić information content (AvgIpc) is 3.35. The first kappa shape index (κ1) is 21.3. The zero-order valence-corrected chi connectivity index (χ0v) is 19.6. The number of carbonyl (C=O) groups excluding carboxylic acids is 1. The minimum Gasteiger partial charge on any atom is -0.322 e. The Morgan fingerprint density at radius 3 is 2.69 bits per heavy atom. The molecule has 0 atom stereocenters. The number of nitrogens with zero attached hydrogens (tertiary/aromatic N) is 5. The van der Waals surface area contributed by atoms with E-state index in [1.807, 2.05) is 67.6 Å². The molecule has 0 radical (unpaired) electrons. The summed E-state index contributed by atoms with van der Waals surface area (Å²) in [5, 5.41) is 11.9. The van der Waals surface area contributed by atoms with E-state index in [1.54, 1.807) is 0 Å². The van der Waals surface area contributed by atoms with Crippen LogP contribution in [0.5, 0.6) is 0 Å². The van der Waals surface area contributed by atoms with Crippen molar-refractivity contribution in [2.24, 2.45) is 0 Å². The van der Waals surface area contributed by atoms with E-state index in [0.717, 1.165) is 71.3 Å². The first-order valence-corrected chi connectivity index (χ1v) is 12.1. The van der Waals surface area contributed by atoms with E-state index in [2.05, 4.69) is 36.8 Å². The molecule has 3 heterocycles. The molecule has 0 spiro atoms. The highest BCUT2D eigenvalue weighted by Gasteiger charge is 2.17. The lowest BCUT2D eigenvalue weighted by atomic mass is 10.1. The van der Waals surface area contributed by atoms with Crippen molar-refractivity contribution in [1.29, 1.82) is 0 Å². The third-order valence-corrected chi connectivity index (χ3v) is 6.59. The molecule has 0 fully saturated rings. The maximum absolute atomic E-state index is 13.1. The molecule has 35 heavy (non-hydrogen) atoms. The molecule has 7 heteroatoms. The van der Waals surface area contributed by atoms with Crippen LogP contribution in [0.1, 0.15) is 41.3 Å². The smallest absolute Gasteiger partial charge is 0.255 e. The first-order valence-electron chi connectivity index (χ1n) is 12.1. The summed E-state index contributed by atoms with van der Waals surface area (Å²) in [5.74, 6) is 2.62. The third-order valence-electron chi connectivity index (χ3n) is 6.59. The third kappa shape index (κ3) is 3.99. The fourth-order valence-electron chi connectivity index (χ4n) is 4.88. The van der Waals surface area contributed by atoms with Gasteiger partial charge < -0.3 is 9.88 Å². The zero-order valence-electron chi connectivity index (χ0n) is 19.6. The maximum Gasteiger partial charge on any atom is 0.255 e. The van der Waals surface area contributed by atoms with E-state index in [0.29, 0.717) is 5.56 Å². The SMILES string of the molecule is Cc1nc2cc(C(=O)Nc3cccc(-c4nnc5n4CCCCC5)c3)ccc2n1-c1ccccc1. The summed E-state index contributed by atoms with van der Waals surface area (Å²) in [4.78, 5) is 17.8. The standard InChI is InChI=1S/C28H26N6O/c1-19-29-24-18-21(14-15-25(24)34(19)23-11-4-2-5-12-23)28(35)30-22-10-8-9-20(17-22)27-32-31-26-13-6-3-7-16-33(26)27/h2,4-5,8-12,14-15,17-18H,3,6-7,13,16H2,1H3,(H,30,35). The Balaban J connectivity index is 1.27. The van der Waals surface area contributed by atoms with Crippen molar-refractivity contribution in [1.82, 2.24) is 24.3 Å². The van der Waals surface area contributed by atoms with Gasteiger partial charge in [-0.05, 0) is 62.2 Å². The van der Waals surface area contributed by atoms with Gasteiger partial charge in [0.25, 0.3) is 5.91 Å². The van der Waals surface area contributed by atoms with Crippen LogP contribution in [0.4, 0.5) is 5.69 Å². The molecule has 1 aliphatic heterocycles. The summed E-state index contributed by atoms with van der Waals surface area (Å²) in [6.07, 6.45) is 4.47. The molecule has 1 amide bonds. The molecule has 0 saturated carbocycles. The Morgan fingerprint density at radius 1 is 0.914 bits per heavy atom. The summed E-state index contributed by atoms with van der Waals surface area (Å²) in [6, 6.07) is 23.6. The average molecular weight is 463 g/mol. The highest BCUT2D eigenvalue weighted by atomic mass is 16.1. The van der Waals surface area contributed by atoms with Gasteiger partial charge in [-0.3, -0.25) is 9.36 Å². The van der Waals surface area contributed by atoms with Crippen LogP contribution in [0.25, 0.3) is 28.1 Å². The Labute approximate surface area is 203 Å². The molecule has 174 valence electrons. The number of carbonyl (C=O) groups is 1. The highest BCUT2D eigenvalue weighted by molar-refractivity contribution is 6.06. The van der Waals surface area contributed by atoms with Crippen molar-refractivity contribution in [2.45, 2.75) is 39.2 Å². The second-order valence-electron chi connectivity index (χ2n) is 8.97. The molecule has 0 aliphatic carbocycles. The minimum atomic E-state index is -0.170. The Bertz CT molecular complexity index is 1530. The highest BCUT2D eigenvalue weighted by Crippen LogP contribution is 2.26. The van der Waals surface area contributed by atoms with E-state index in [9.17, 15) is 4.79 Å². The van der Waals surface area contributed by atoms with Gasteiger partial charge in [0.1, 0.15) is 11.6 Å². The van der Waals surface area contributed by atoms with Crippen LogP contribution in [-0.4, -0.2) is 30.2 Å². The molecule has 0 saturated heterocycles. The molecule has 5 aromatic rings. The van der Waals surface area contributed by atoms with Crippen molar-refractivity contribution in [2.75, 3.05) is 5.32 Å². The number of nitrogens with one attached hydrogen (secondary N) is 1. The summed E-state index contributed by atoms with van der Waals surface area (Å²) < 4.78 is 4.31. The molecule has 0 unspecified atom stereocenters. The van der Waals surface area contributed by atoms with Crippen molar-refractivity contribution in [3.63, 3.8) is 0 Å². The Hall–Kier alpha value is -4.26. The maximum atomic E-state index is 13.1. The predicted molar refractivity (Wildman–Crippen MR) is 137 cm³/mol. The summed E-state index contributed by atoms with van der Waals surface area (Å²) in [7, 11) is 0. The van der Waals surface area contributed by atoms with Gasteiger partial charge in [-0.25, -0.2) is 4.98 Å². The van der Waals surface area contributed by atoms with E-state index >= 15 is 0 Å². The largest absolute Gasteiger partial charge is 0.322 e. The fourth-order valence-corrected chi connectivity index (χ4v) is 4.88. The number of amides is 1. The summed E-state index contributed by atoms with van der Waals surface area (Å²) in [6.45, 7) is 2.91. The minimum absolute atomic E-state index is 0.170. The molecular weight excluding hydrogens is 436 g/mol. The summed E-state index contributed by atoms with van der Waals surface area (Å²) in [5.41, 5.74) is 5.06. The second-order valence-corrected chi connectivity index (χ2v) is 8.97. The molecule has 2 aromatic heterocycles. The van der Waals surface area contributed by atoms with Crippen molar-refractivity contribution < 1.29 is 4.79 Å². The number of hydrogen-bond acceptors (Lipinski definition) is 4. The van der Waals surface area contributed by atoms with E-state index in [4.69, 9.17) is 4.98 Å². The predicted octanol–water partition coefficient (Wildman–Crippen LogP) is 5.57. The number of benzene rings is 3. The molecule has 3 aromatic carbocycles. The van der Waals surface area contributed by atoms with Crippen LogP contribution in [0.15, 0.2) is 72.8 Å². The Kier molecular flexibility index (Phi) is 5.37. The number of aryl methyl sites for hydroxylation is 2. The molecular formula is C28H26N6O. The van der Waals surface area contributed by atoms with Crippen LogP contribution in [-0.2, 0) is 13.0 Å². The van der Waals surface area contributed by atoms with Crippen LogP contribution in [0.3, 0.4) is 0 Å². The van der Waals surface area contributed by atoms with Gasteiger partial charge in [-0.1, -0.05) is 36.8 Å². The molecule has 0 bridgehead atoms. The van der Waals surface area contributed by atoms with Gasteiger partial charge in [0, 0.05) is 35.5 Å². The lowest BCUT2D eigenvalue weighted by Gasteiger charge is -2.10. The van der Waals surface area contributed by atoms with Gasteiger partial charge >= 0.3 is 0 Å². The Morgan fingerprint density at radius 2 is 1.80 bits per heavy atom. The van der Waals surface area contributed by atoms with Gasteiger partial charge in [0.15, 0.2) is 5.82 Å². The number of rotatable bonds is 4. The van der Waals surface area contributed by atoms with Gasteiger partial charge in [0.2, 0.25) is 0 Å². The van der Waals surface area contributed by atoms with Gasteiger partial charge in [0.05, 0.1) is 11.0 Å². The van der Waals surface area contributed by atoms with E-state index in [1.165, 1.54) is 6.42 Å². The molecule has 1 aliphatic rings. The van der Waals surface area contributed by atoms with Crippen molar-refractivity contribution in [3.8, 4) is 17.1 Å². The molecule has 1 N–H and O–H groups in total. The number of para-hydroxylation sites is 1. The van der Waals surface area contributed by atoms with Crippen LogP contribution in [0.2, 0.25) is 0 Å². The molecule has 6 rings (SSSR count). The number of hydrogen-bond donors (Lipinski definition) is 1. The fraction of sp³-hybridized carbons (Fsp3) is 0.214. The topological polar surface area (TPSA) is 77.6 Å². The lowest BCUT2D eigenvalue weighted by Crippen LogP contribution is -2.12. The summed E-state index contributed by atoms with van der Waals surface area (Å²) >= 11 is 0. The molecule has 7 nitrogen and oxygen atoms in total. The lowest BCUT2D eigenvalue weighted by molar-refractivity contribution is 0.102. The van der Waals surface area contributed by atoms with Gasteiger partial charge in [-0.15, -0.1) is 10.2 Å². The number of fused-ring (bicyclic) bond motifs is 2. The van der Waals surface area contributed by atoms with Crippen LogP contribution >= 0.6 is 0 Å². The quantitative estimate of drug-likeness (QED) is 0.379. The number of anilines is 1. The van der Waals surface area contributed by atoms with E-state index in [-0.39, 0.29) is 5.91 Å². The zero-order chi connectivity index (χ0) is 23.8. The number of aromatic nitrogens is 5. The first-order chi connectivity index (χ1) is 17.2. The second kappa shape index (κ2) is 8.83.